The largest absolute Gasteiger partial charge is 0.357 e. The van der Waals surface area contributed by atoms with Gasteiger partial charge in [0.15, 0.2) is 0 Å². The van der Waals surface area contributed by atoms with E-state index >= 15 is 0 Å². The summed E-state index contributed by atoms with van der Waals surface area (Å²) in [5.74, 6) is 0.308. The van der Waals surface area contributed by atoms with Crippen LogP contribution >= 0.6 is 0 Å². The molecule has 0 spiro atoms. The predicted molar refractivity (Wildman–Crippen MR) is 123 cm³/mol. The average Bonchev–Trinajstić information content (AvgIpc) is 3.09. The molecule has 1 saturated heterocycles. The fourth-order valence-corrected chi connectivity index (χ4v) is 5.04. The van der Waals surface area contributed by atoms with Crippen molar-refractivity contribution in [2.24, 2.45) is 0 Å². The Balaban J connectivity index is 1.41. The maximum absolute atomic E-state index is 13.4. The summed E-state index contributed by atoms with van der Waals surface area (Å²) in [5, 5.41) is 1.34. The number of nitrogens with one attached hydrogen (secondary N) is 1. The highest BCUT2D eigenvalue weighted by molar-refractivity contribution is 5.85. The van der Waals surface area contributed by atoms with Crippen LogP contribution in [0.15, 0.2) is 24.3 Å². The van der Waals surface area contributed by atoms with E-state index in [-0.39, 0.29) is 0 Å². The summed E-state index contributed by atoms with van der Waals surface area (Å²) in [6, 6.07) is 8.94. The Hall–Kier alpha value is -1.89. The minimum absolute atomic E-state index is 0.308. The smallest absolute Gasteiger partial charge is 0.237 e. The first-order chi connectivity index (χ1) is 14.5. The molecule has 0 radical (unpaired) electrons. The van der Waals surface area contributed by atoms with E-state index in [9.17, 15) is 4.79 Å². The number of H-pyrrole nitrogens is 1. The van der Waals surface area contributed by atoms with Crippen molar-refractivity contribution in [3.8, 4) is 0 Å². The van der Waals surface area contributed by atoms with Crippen LogP contribution in [-0.2, 0) is 17.8 Å². The predicted octanol–water partition coefficient (Wildman–Crippen LogP) is 2.40. The Kier molecular flexibility index (Phi) is 6.76. The zero-order valence-corrected chi connectivity index (χ0v) is 18.9. The van der Waals surface area contributed by atoms with Crippen LogP contribution in [0.2, 0.25) is 0 Å². The average molecular weight is 412 g/mol. The third kappa shape index (κ3) is 4.88. The second kappa shape index (κ2) is 9.50. The lowest BCUT2D eigenvalue weighted by molar-refractivity contribution is -0.136. The van der Waals surface area contributed by atoms with Gasteiger partial charge in [0.2, 0.25) is 5.91 Å². The highest BCUT2D eigenvalue weighted by Gasteiger charge is 2.29. The highest BCUT2D eigenvalue weighted by Crippen LogP contribution is 2.27. The molecule has 30 heavy (non-hydrogen) atoms. The Morgan fingerprint density at radius 1 is 1.13 bits per heavy atom. The Labute approximate surface area is 180 Å². The van der Waals surface area contributed by atoms with Crippen LogP contribution in [0.5, 0.6) is 0 Å². The molecule has 2 aromatic rings. The number of aromatic amines is 1. The van der Waals surface area contributed by atoms with E-state index in [4.69, 9.17) is 0 Å². The van der Waals surface area contributed by atoms with Crippen LogP contribution in [0.1, 0.15) is 30.5 Å². The topological polar surface area (TPSA) is 45.8 Å². The quantitative estimate of drug-likeness (QED) is 0.760. The molecule has 1 N–H and O–H groups in total. The molecule has 0 unspecified atom stereocenters. The number of benzene rings is 1. The van der Waals surface area contributed by atoms with E-state index in [1.54, 1.807) is 0 Å². The number of carbonyl (C=O) groups excluding carboxylic acids is 1. The van der Waals surface area contributed by atoms with E-state index < -0.39 is 0 Å². The van der Waals surface area contributed by atoms with E-state index in [0.29, 0.717) is 18.5 Å². The monoisotopic (exact) mass is 411 g/mol. The number of hydrogen-bond acceptors (Lipinski definition) is 4. The van der Waals surface area contributed by atoms with Gasteiger partial charge < -0.3 is 19.7 Å². The summed E-state index contributed by atoms with van der Waals surface area (Å²) >= 11 is 0. The van der Waals surface area contributed by atoms with Gasteiger partial charge in [-0.15, -0.1) is 0 Å². The standard InChI is InChI=1S/C24H37N5O/c1-26(2)12-6-13-29(19-9-14-27(3)15-10-19)24(30)18-28-16-11-21-20-7-4-5-8-22(20)25-23(21)17-28/h4-5,7-8,19,25H,6,9-18H2,1-3H3. The number of aromatic nitrogens is 1. The van der Waals surface area contributed by atoms with Crippen molar-refractivity contribution >= 4 is 16.8 Å². The van der Waals surface area contributed by atoms with Crippen molar-refractivity contribution in [2.45, 2.75) is 38.3 Å². The number of amides is 1. The van der Waals surface area contributed by atoms with Crippen molar-refractivity contribution < 1.29 is 4.79 Å². The Morgan fingerprint density at radius 2 is 1.90 bits per heavy atom. The lowest BCUT2D eigenvalue weighted by atomic mass is 10.0. The number of nitrogens with zero attached hydrogens (tertiary/aromatic N) is 4. The molecule has 6 heteroatoms. The second-order valence-electron chi connectivity index (χ2n) is 9.37. The lowest BCUT2D eigenvalue weighted by Gasteiger charge is -2.39. The molecule has 1 amide bonds. The van der Waals surface area contributed by atoms with Gasteiger partial charge in [0.1, 0.15) is 0 Å². The van der Waals surface area contributed by atoms with Crippen LogP contribution in [0.3, 0.4) is 0 Å². The van der Waals surface area contributed by atoms with Gasteiger partial charge in [0, 0.05) is 42.3 Å². The van der Waals surface area contributed by atoms with Crippen molar-refractivity contribution in [2.75, 3.05) is 60.4 Å². The molecule has 2 aliphatic rings. The number of rotatable bonds is 7. The van der Waals surface area contributed by atoms with Gasteiger partial charge in [-0.05, 0) is 78.1 Å². The summed E-state index contributed by atoms with van der Waals surface area (Å²) in [4.78, 5) is 26.1. The van der Waals surface area contributed by atoms with Crippen LogP contribution in [-0.4, -0.2) is 96.9 Å². The van der Waals surface area contributed by atoms with Crippen LogP contribution in [0.25, 0.3) is 10.9 Å². The summed E-state index contributed by atoms with van der Waals surface area (Å²) < 4.78 is 0. The van der Waals surface area contributed by atoms with Crippen LogP contribution < -0.4 is 0 Å². The fraction of sp³-hybridized carbons (Fsp3) is 0.625. The van der Waals surface area contributed by atoms with E-state index in [1.807, 2.05) is 0 Å². The number of carbonyl (C=O) groups is 1. The molecular weight excluding hydrogens is 374 g/mol. The first-order valence-electron chi connectivity index (χ1n) is 11.4. The van der Waals surface area contributed by atoms with Gasteiger partial charge in [0.05, 0.1) is 6.54 Å². The fourth-order valence-electron chi connectivity index (χ4n) is 5.04. The SMILES string of the molecule is CN(C)CCCN(C(=O)CN1CCc2c([nH]c3ccccc23)C1)C1CCN(C)CC1. The molecule has 0 saturated carbocycles. The third-order valence-electron chi connectivity index (χ3n) is 6.77. The third-order valence-corrected chi connectivity index (χ3v) is 6.77. The van der Waals surface area contributed by atoms with Gasteiger partial charge in [0.25, 0.3) is 0 Å². The second-order valence-corrected chi connectivity index (χ2v) is 9.37. The first-order valence-corrected chi connectivity index (χ1v) is 11.4. The molecule has 6 nitrogen and oxygen atoms in total. The maximum Gasteiger partial charge on any atom is 0.237 e. The van der Waals surface area contributed by atoms with Gasteiger partial charge in [-0.3, -0.25) is 9.69 Å². The molecule has 1 fully saturated rings. The molecule has 0 atom stereocenters. The molecule has 0 bridgehead atoms. The number of piperidine rings is 1. The Morgan fingerprint density at radius 3 is 2.67 bits per heavy atom. The first kappa shape index (κ1) is 21.3. The van der Waals surface area contributed by atoms with Gasteiger partial charge >= 0.3 is 0 Å². The van der Waals surface area contributed by atoms with Crippen molar-refractivity contribution in [1.82, 2.24) is 24.6 Å². The number of hydrogen-bond donors (Lipinski definition) is 1. The van der Waals surface area contributed by atoms with E-state index in [0.717, 1.165) is 65.0 Å². The Bertz CT molecular complexity index is 852. The molecule has 0 aliphatic carbocycles. The summed E-state index contributed by atoms with van der Waals surface area (Å²) in [7, 11) is 6.39. The summed E-state index contributed by atoms with van der Waals surface area (Å²) in [6.07, 6.45) is 4.24. The summed E-state index contributed by atoms with van der Waals surface area (Å²) in [5.41, 5.74) is 3.94. The molecule has 1 aromatic carbocycles. The lowest BCUT2D eigenvalue weighted by Crippen LogP contribution is -2.50. The van der Waals surface area contributed by atoms with Gasteiger partial charge in [-0.2, -0.15) is 0 Å². The minimum atomic E-state index is 0.308. The normalized spacial score (nSPS) is 18.8. The van der Waals surface area contributed by atoms with Crippen molar-refractivity contribution in [3.63, 3.8) is 0 Å². The van der Waals surface area contributed by atoms with E-state index in [2.05, 4.69) is 70.0 Å². The zero-order chi connectivity index (χ0) is 21.1. The molecule has 3 heterocycles. The van der Waals surface area contributed by atoms with Crippen molar-refractivity contribution in [3.05, 3.63) is 35.5 Å². The number of para-hydroxylation sites is 1. The van der Waals surface area contributed by atoms with Crippen molar-refractivity contribution in [1.29, 1.82) is 0 Å². The maximum atomic E-state index is 13.4. The molecule has 2 aliphatic heterocycles. The number of fused-ring (bicyclic) bond motifs is 3. The van der Waals surface area contributed by atoms with Crippen LogP contribution in [0, 0.1) is 0 Å². The van der Waals surface area contributed by atoms with E-state index in [1.165, 1.54) is 22.2 Å². The molecule has 164 valence electrons. The minimum Gasteiger partial charge on any atom is -0.357 e. The zero-order valence-electron chi connectivity index (χ0n) is 18.9. The molecular formula is C24H37N5O. The highest BCUT2D eigenvalue weighted by atomic mass is 16.2. The van der Waals surface area contributed by atoms with Gasteiger partial charge in [-0.1, -0.05) is 18.2 Å². The molecule has 1 aromatic heterocycles. The summed E-state index contributed by atoms with van der Waals surface area (Å²) in [6.45, 7) is 6.40. The van der Waals surface area contributed by atoms with Gasteiger partial charge in [-0.25, -0.2) is 0 Å². The number of likely N-dealkylation sites (tertiary alicyclic amines) is 1. The van der Waals surface area contributed by atoms with Crippen LogP contribution in [0.4, 0.5) is 0 Å². The molecule has 4 rings (SSSR count).